The lowest BCUT2D eigenvalue weighted by atomic mass is 10.1. The van der Waals surface area contributed by atoms with Crippen molar-refractivity contribution in [3.63, 3.8) is 0 Å². The number of nitrogens with two attached hydrogens (primary N) is 1. The predicted octanol–water partition coefficient (Wildman–Crippen LogP) is 1.38. The molecule has 0 saturated heterocycles. The monoisotopic (exact) mass is 287 g/mol. The summed E-state index contributed by atoms with van der Waals surface area (Å²) in [7, 11) is -3.10. The fourth-order valence-electron chi connectivity index (χ4n) is 1.64. The quantitative estimate of drug-likeness (QED) is 0.857. The summed E-state index contributed by atoms with van der Waals surface area (Å²) in [5, 5.41) is 0. The second kappa shape index (κ2) is 6.05. The molecule has 0 aromatic carbocycles. The summed E-state index contributed by atoms with van der Waals surface area (Å²) in [6.07, 6.45) is 5.07. The van der Waals surface area contributed by atoms with Crippen molar-refractivity contribution in [2.24, 2.45) is 5.73 Å². The van der Waals surface area contributed by atoms with Gasteiger partial charge < -0.3 is 10.3 Å². The van der Waals surface area contributed by atoms with E-state index >= 15 is 0 Å². The van der Waals surface area contributed by atoms with Crippen LogP contribution in [0.4, 0.5) is 0 Å². The molecule has 0 radical (unpaired) electrons. The van der Waals surface area contributed by atoms with Crippen LogP contribution < -0.4 is 5.73 Å². The van der Waals surface area contributed by atoms with Gasteiger partial charge in [0, 0.05) is 31.4 Å². The third-order valence-electron chi connectivity index (χ3n) is 3.30. The first kappa shape index (κ1) is 16.2. The van der Waals surface area contributed by atoms with Gasteiger partial charge in [-0.3, -0.25) is 0 Å². The van der Waals surface area contributed by atoms with Gasteiger partial charge in [-0.15, -0.1) is 0 Å². The van der Waals surface area contributed by atoms with Gasteiger partial charge in [-0.2, -0.15) is 0 Å². The molecule has 110 valence electrons. The molecule has 0 bridgehead atoms. The molecule has 0 aliphatic rings. The van der Waals surface area contributed by atoms with Gasteiger partial charge >= 0.3 is 0 Å². The first-order valence-corrected chi connectivity index (χ1v) is 8.30. The van der Waals surface area contributed by atoms with E-state index in [2.05, 4.69) is 4.98 Å². The molecule has 0 amide bonds. The molecule has 1 rings (SSSR count). The third kappa shape index (κ3) is 4.31. The standard InChI is InChI=1S/C13H25N3O2S/c1-5-11(14)10-12-15-6-7-16(12)8-9-19(17,18)13(2,3)4/h6-7,11H,5,8-10,14H2,1-4H3. The van der Waals surface area contributed by atoms with Crippen molar-refractivity contribution in [1.29, 1.82) is 0 Å². The van der Waals surface area contributed by atoms with Gasteiger partial charge in [0.15, 0.2) is 9.84 Å². The minimum atomic E-state index is -3.10. The first-order valence-electron chi connectivity index (χ1n) is 6.65. The van der Waals surface area contributed by atoms with E-state index in [0.717, 1.165) is 12.2 Å². The number of rotatable bonds is 6. The summed E-state index contributed by atoms with van der Waals surface area (Å²) in [6, 6.07) is 0.0698. The van der Waals surface area contributed by atoms with Gasteiger partial charge in [0.05, 0.1) is 10.5 Å². The van der Waals surface area contributed by atoms with Gasteiger partial charge in [0.2, 0.25) is 0 Å². The molecule has 19 heavy (non-hydrogen) atoms. The van der Waals surface area contributed by atoms with Crippen LogP contribution in [0, 0.1) is 0 Å². The molecule has 0 spiro atoms. The van der Waals surface area contributed by atoms with Crippen molar-refractivity contribution >= 4 is 9.84 Å². The van der Waals surface area contributed by atoms with Crippen molar-refractivity contribution in [1.82, 2.24) is 9.55 Å². The van der Waals surface area contributed by atoms with Crippen LogP contribution in [-0.2, 0) is 22.8 Å². The highest BCUT2D eigenvalue weighted by molar-refractivity contribution is 7.92. The fourth-order valence-corrected chi connectivity index (χ4v) is 2.69. The normalized spacial score (nSPS) is 14.6. The lowest BCUT2D eigenvalue weighted by Gasteiger charge is -2.19. The van der Waals surface area contributed by atoms with E-state index < -0.39 is 14.6 Å². The molecule has 5 nitrogen and oxygen atoms in total. The SMILES string of the molecule is CCC(N)Cc1nccn1CCS(=O)(=O)C(C)(C)C. The number of imidazole rings is 1. The smallest absolute Gasteiger partial charge is 0.156 e. The van der Waals surface area contributed by atoms with Crippen molar-refractivity contribution in [3.05, 3.63) is 18.2 Å². The number of hydrogen-bond acceptors (Lipinski definition) is 4. The highest BCUT2D eigenvalue weighted by Crippen LogP contribution is 2.16. The first-order chi connectivity index (χ1) is 8.67. The molecule has 0 aliphatic carbocycles. The maximum atomic E-state index is 12.1. The lowest BCUT2D eigenvalue weighted by Crippen LogP contribution is -2.32. The summed E-state index contributed by atoms with van der Waals surface area (Å²) < 4.78 is 25.3. The van der Waals surface area contributed by atoms with Crippen molar-refractivity contribution in [2.75, 3.05) is 5.75 Å². The third-order valence-corrected chi connectivity index (χ3v) is 5.89. The lowest BCUT2D eigenvalue weighted by molar-refractivity contribution is 0.548. The molecule has 0 aliphatic heterocycles. The summed E-state index contributed by atoms with van der Waals surface area (Å²) >= 11 is 0. The highest BCUT2D eigenvalue weighted by atomic mass is 32.2. The largest absolute Gasteiger partial charge is 0.334 e. The van der Waals surface area contributed by atoms with Crippen LogP contribution in [0.2, 0.25) is 0 Å². The number of aromatic nitrogens is 2. The second-order valence-electron chi connectivity index (χ2n) is 5.84. The van der Waals surface area contributed by atoms with Crippen molar-refractivity contribution in [3.8, 4) is 0 Å². The van der Waals surface area contributed by atoms with Crippen molar-refractivity contribution < 1.29 is 8.42 Å². The topological polar surface area (TPSA) is 78.0 Å². The van der Waals surface area contributed by atoms with E-state index in [-0.39, 0.29) is 11.8 Å². The maximum absolute atomic E-state index is 12.1. The van der Waals surface area contributed by atoms with Crippen LogP contribution in [0.15, 0.2) is 12.4 Å². The molecule has 0 fully saturated rings. The fraction of sp³-hybridized carbons (Fsp3) is 0.769. The molecule has 1 atom stereocenters. The van der Waals surface area contributed by atoms with E-state index in [9.17, 15) is 8.42 Å². The number of nitrogens with zero attached hydrogens (tertiary/aromatic N) is 2. The molecule has 2 N–H and O–H groups in total. The van der Waals surface area contributed by atoms with E-state index in [1.54, 1.807) is 27.0 Å². The minimum Gasteiger partial charge on any atom is -0.334 e. The Morgan fingerprint density at radius 1 is 1.42 bits per heavy atom. The highest BCUT2D eigenvalue weighted by Gasteiger charge is 2.28. The Morgan fingerprint density at radius 3 is 2.58 bits per heavy atom. The Hall–Kier alpha value is -0.880. The zero-order valence-corrected chi connectivity index (χ0v) is 13.1. The minimum absolute atomic E-state index is 0.0698. The number of aryl methyl sites for hydroxylation is 1. The zero-order valence-electron chi connectivity index (χ0n) is 12.3. The van der Waals surface area contributed by atoms with Gasteiger partial charge in [0.25, 0.3) is 0 Å². The predicted molar refractivity (Wildman–Crippen MR) is 77.7 cm³/mol. The molecule has 6 heteroatoms. The number of sulfone groups is 1. The summed E-state index contributed by atoms with van der Waals surface area (Å²) in [4.78, 5) is 4.26. The average Bonchev–Trinajstić information content (AvgIpc) is 2.72. The Balaban J connectivity index is 2.72. The Bertz CT molecular complexity index is 500. The van der Waals surface area contributed by atoms with Gasteiger partial charge in [-0.25, -0.2) is 13.4 Å². The van der Waals surface area contributed by atoms with Crippen LogP contribution in [0.3, 0.4) is 0 Å². The summed E-state index contributed by atoms with van der Waals surface area (Å²) in [5.41, 5.74) is 5.91. The van der Waals surface area contributed by atoms with Gasteiger partial charge in [-0.05, 0) is 27.2 Å². The molecular weight excluding hydrogens is 262 g/mol. The van der Waals surface area contributed by atoms with E-state index in [1.165, 1.54) is 0 Å². The van der Waals surface area contributed by atoms with E-state index in [0.29, 0.717) is 13.0 Å². The molecular formula is C13H25N3O2S. The maximum Gasteiger partial charge on any atom is 0.156 e. The van der Waals surface area contributed by atoms with Crippen LogP contribution in [0.25, 0.3) is 0 Å². The Morgan fingerprint density at radius 2 is 2.05 bits per heavy atom. The van der Waals surface area contributed by atoms with Crippen molar-refractivity contribution in [2.45, 2.75) is 57.9 Å². The van der Waals surface area contributed by atoms with Crippen LogP contribution in [0.1, 0.15) is 39.9 Å². The average molecular weight is 287 g/mol. The summed E-state index contributed by atoms with van der Waals surface area (Å²) in [5.74, 6) is 0.986. The van der Waals surface area contributed by atoms with Gasteiger partial charge in [0.1, 0.15) is 5.82 Å². The van der Waals surface area contributed by atoms with Gasteiger partial charge in [-0.1, -0.05) is 6.92 Å². The molecule has 1 heterocycles. The van der Waals surface area contributed by atoms with Crippen LogP contribution in [-0.4, -0.2) is 34.5 Å². The number of hydrogen-bond donors (Lipinski definition) is 1. The Kier molecular flexibility index (Phi) is 5.15. The molecule has 0 saturated carbocycles. The van der Waals surface area contributed by atoms with E-state index in [1.807, 2.05) is 17.7 Å². The zero-order chi connectivity index (χ0) is 14.7. The van der Waals surface area contributed by atoms with Crippen LogP contribution in [0.5, 0.6) is 0 Å². The molecule has 1 aromatic heterocycles. The summed E-state index contributed by atoms with van der Waals surface area (Å²) in [6.45, 7) is 7.64. The molecule has 1 unspecified atom stereocenters. The van der Waals surface area contributed by atoms with E-state index in [4.69, 9.17) is 5.73 Å². The molecule has 1 aromatic rings. The Labute approximate surface area is 116 Å². The second-order valence-corrected chi connectivity index (χ2v) is 8.70. The van der Waals surface area contributed by atoms with Crippen LogP contribution >= 0.6 is 0 Å².